The third-order valence-electron chi connectivity index (χ3n) is 2.93. The molecule has 1 saturated carbocycles. The Bertz CT molecular complexity index is 469. The molecule has 0 unspecified atom stereocenters. The number of amides is 1. The van der Waals surface area contributed by atoms with E-state index in [0.717, 1.165) is 19.3 Å². The molecule has 0 bridgehead atoms. The standard InChI is InChI=1S/C11H13N3O3/c12-9-6-2-5-8(10(9)14(16)17)11(15)13-7-3-1-4-7/h2,5-7H,1,3-4,12H2,(H,13,15). The van der Waals surface area contributed by atoms with Gasteiger partial charge in [-0.15, -0.1) is 0 Å². The van der Waals surface area contributed by atoms with E-state index in [4.69, 9.17) is 5.73 Å². The normalized spacial score (nSPS) is 15.1. The van der Waals surface area contributed by atoms with Crippen LogP contribution in [0.1, 0.15) is 29.6 Å². The summed E-state index contributed by atoms with van der Waals surface area (Å²) in [6.07, 6.45) is 2.95. The Kier molecular flexibility index (Phi) is 2.95. The number of benzene rings is 1. The van der Waals surface area contributed by atoms with Crippen molar-refractivity contribution < 1.29 is 9.72 Å². The molecule has 1 fully saturated rings. The highest BCUT2D eigenvalue weighted by Crippen LogP contribution is 2.26. The smallest absolute Gasteiger partial charge is 0.304 e. The zero-order chi connectivity index (χ0) is 12.4. The number of hydrogen-bond donors (Lipinski definition) is 2. The first-order valence-corrected chi connectivity index (χ1v) is 5.43. The van der Waals surface area contributed by atoms with Crippen LogP contribution in [0.5, 0.6) is 0 Å². The van der Waals surface area contributed by atoms with Crippen molar-refractivity contribution in [1.29, 1.82) is 0 Å². The predicted octanol–water partition coefficient (Wildman–Crippen LogP) is 1.46. The fourth-order valence-electron chi connectivity index (χ4n) is 1.76. The molecule has 0 spiro atoms. The van der Waals surface area contributed by atoms with Gasteiger partial charge in [0.05, 0.1) is 4.92 Å². The van der Waals surface area contributed by atoms with E-state index in [1.165, 1.54) is 18.2 Å². The molecule has 0 aliphatic heterocycles. The van der Waals surface area contributed by atoms with E-state index >= 15 is 0 Å². The van der Waals surface area contributed by atoms with E-state index in [2.05, 4.69) is 5.32 Å². The van der Waals surface area contributed by atoms with E-state index in [1.54, 1.807) is 0 Å². The van der Waals surface area contributed by atoms with Crippen LogP contribution in [0.3, 0.4) is 0 Å². The van der Waals surface area contributed by atoms with Gasteiger partial charge >= 0.3 is 5.69 Å². The second-order valence-electron chi connectivity index (χ2n) is 4.10. The van der Waals surface area contributed by atoms with Crippen LogP contribution in [0.25, 0.3) is 0 Å². The molecule has 1 aliphatic carbocycles. The van der Waals surface area contributed by atoms with Gasteiger partial charge in [0.1, 0.15) is 11.3 Å². The molecule has 0 aromatic heterocycles. The molecule has 0 saturated heterocycles. The van der Waals surface area contributed by atoms with Crippen molar-refractivity contribution in [3.8, 4) is 0 Å². The molecular formula is C11H13N3O3. The van der Waals surface area contributed by atoms with E-state index in [1.807, 2.05) is 0 Å². The number of nitro benzene ring substituents is 1. The highest BCUT2D eigenvalue weighted by atomic mass is 16.6. The van der Waals surface area contributed by atoms with E-state index in [9.17, 15) is 14.9 Å². The largest absolute Gasteiger partial charge is 0.393 e. The Morgan fingerprint density at radius 3 is 2.71 bits per heavy atom. The average Bonchev–Trinajstić information content (AvgIpc) is 2.22. The van der Waals surface area contributed by atoms with E-state index in [0.29, 0.717) is 0 Å². The fourth-order valence-corrected chi connectivity index (χ4v) is 1.76. The minimum atomic E-state index is -0.620. The molecule has 0 heterocycles. The van der Waals surface area contributed by atoms with Crippen molar-refractivity contribution >= 4 is 17.3 Å². The number of rotatable bonds is 3. The summed E-state index contributed by atoms with van der Waals surface area (Å²) in [5.74, 6) is -0.422. The van der Waals surface area contributed by atoms with Crippen LogP contribution in [-0.4, -0.2) is 16.9 Å². The number of nitro groups is 1. The maximum absolute atomic E-state index is 11.9. The van der Waals surface area contributed by atoms with Crippen molar-refractivity contribution in [3.05, 3.63) is 33.9 Å². The zero-order valence-corrected chi connectivity index (χ0v) is 9.18. The Labute approximate surface area is 98.0 Å². The molecule has 3 N–H and O–H groups in total. The first kappa shape index (κ1) is 11.4. The molecule has 1 amide bonds. The van der Waals surface area contributed by atoms with Crippen molar-refractivity contribution in [2.45, 2.75) is 25.3 Å². The molecule has 1 aliphatic rings. The van der Waals surface area contributed by atoms with Crippen LogP contribution in [0.15, 0.2) is 18.2 Å². The van der Waals surface area contributed by atoms with Crippen molar-refractivity contribution in [2.24, 2.45) is 0 Å². The Morgan fingerprint density at radius 1 is 1.47 bits per heavy atom. The SMILES string of the molecule is Nc1cccc(C(=O)NC2CCC2)c1[N+](=O)[O-]. The summed E-state index contributed by atoms with van der Waals surface area (Å²) in [5, 5.41) is 13.6. The molecule has 1 aromatic rings. The minimum absolute atomic E-state index is 0.0104. The fraction of sp³-hybridized carbons (Fsp3) is 0.364. The van der Waals surface area contributed by atoms with E-state index in [-0.39, 0.29) is 23.0 Å². The second kappa shape index (κ2) is 4.40. The minimum Gasteiger partial charge on any atom is -0.393 e. The van der Waals surface area contributed by atoms with Gasteiger partial charge in [0.2, 0.25) is 0 Å². The summed E-state index contributed by atoms with van der Waals surface area (Å²) in [5.41, 5.74) is 5.24. The van der Waals surface area contributed by atoms with Gasteiger partial charge in [-0.05, 0) is 31.4 Å². The second-order valence-corrected chi connectivity index (χ2v) is 4.10. The van der Waals surface area contributed by atoms with E-state index < -0.39 is 10.8 Å². The summed E-state index contributed by atoms with van der Waals surface area (Å²) < 4.78 is 0. The number of carbonyl (C=O) groups is 1. The molecular weight excluding hydrogens is 222 g/mol. The number of hydrogen-bond acceptors (Lipinski definition) is 4. The summed E-state index contributed by atoms with van der Waals surface area (Å²) in [6, 6.07) is 4.52. The third-order valence-corrected chi connectivity index (χ3v) is 2.93. The van der Waals surface area contributed by atoms with Crippen molar-refractivity contribution in [2.75, 3.05) is 5.73 Å². The monoisotopic (exact) mass is 235 g/mol. The van der Waals surface area contributed by atoms with Crippen LogP contribution in [0.4, 0.5) is 11.4 Å². The summed E-state index contributed by atoms with van der Waals surface area (Å²) in [6.45, 7) is 0. The number of nitrogens with two attached hydrogens (primary N) is 1. The Balaban J connectivity index is 2.27. The van der Waals surface area contributed by atoms with Gasteiger partial charge in [-0.1, -0.05) is 6.07 Å². The molecule has 2 rings (SSSR count). The number of nitrogens with zero attached hydrogens (tertiary/aromatic N) is 1. The van der Waals surface area contributed by atoms with Crippen molar-refractivity contribution in [1.82, 2.24) is 5.32 Å². The van der Waals surface area contributed by atoms with Crippen LogP contribution in [-0.2, 0) is 0 Å². The number of nitrogens with one attached hydrogen (secondary N) is 1. The maximum atomic E-state index is 11.9. The number of nitrogen functional groups attached to an aromatic ring is 1. The Morgan fingerprint density at radius 2 is 2.18 bits per heavy atom. The molecule has 6 nitrogen and oxygen atoms in total. The summed E-state index contributed by atoms with van der Waals surface area (Å²) in [7, 11) is 0. The quantitative estimate of drug-likeness (QED) is 0.470. The van der Waals surface area contributed by atoms with Gasteiger partial charge < -0.3 is 11.1 Å². The molecule has 0 radical (unpaired) electrons. The third kappa shape index (κ3) is 2.20. The number of para-hydroxylation sites is 1. The average molecular weight is 235 g/mol. The molecule has 17 heavy (non-hydrogen) atoms. The number of carbonyl (C=O) groups excluding carboxylic acids is 1. The highest BCUT2D eigenvalue weighted by molar-refractivity contribution is 6.00. The maximum Gasteiger partial charge on any atom is 0.304 e. The lowest BCUT2D eigenvalue weighted by molar-refractivity contribution is -0.384. The van der Waals surface area contributed by atoms with Crippen LogP contribution >= 0.6 is 0 Å². The van der Waals surface area contributed by atoms with Gasteiger partial charge in [0, 0.05) is 6.04 Å². The van der Waals surface area contributed by atoms with Crippen LogP contribution < -0.4 is 11.1 Å². The van der Waals surface area contributed by atoms with Gasteiger partial charge in [-0.3, -0.25) is 14.9 Å². The lowest BCUT2D eigenvalue weighted by Crippen LogP contribution is -2.39. The highest BCUT2D eigenvalue weighted by Gasteiger charge is 2.26. The molecule has 1 aromatic carbocycles. The van der Waals surface area contributed by atoms with Gasteiger partial charge in [-0.2, -0.15) is 0 Å². The lowest BCUT2D eigenvalue weighted by atomic mass is 9.93. The molecule has 0 atom stereocenters. The number of anilines is 1. The predicted molar refractivity (Wildman–Crippen MR) is 62.6 cm³/mol. The van der Waals surface area contributed by atoms with Crippen LogP contribution in [0, 0.1) is 10.1 Å². The zero-order valence-electron chi connectivity index (χ0n) is 9.18. The lowest BCUT2D eigenvalue weighted by Gasteiger charge is -2.26. The first-order chi connectivity index (χ1) is 8.09. The Hall–Kier alpha value is -2.11. The van der Waals surface area contributed by atoms with Crippen LogP contribution in [0.2, 0.25) is 0 Å². The molecule has 6 heteroatoms. The topological polar surface area (TPSA) is 98.3 Å². The molecule has 90 valence electrons. The van der Waals surface area contributed by atoms with Crippen molar-refractivity contribution in [3.63, 3.8) is 0 Å². The van der Waals surface area contributed by atoms with Gasteiger partial charge in [0.25, 0.3) is 5.91 Å². The summed E-state index contributed by atoms with van der Waals surface area (Å²) >= 11 is 0. The summed E-state index contributed by atoms with van der Waals surface area (Å²) in [4.78, 5) is 22.1. The first-order valence-electron chi connectivity index (χ1n) is 5.43. The van der Waals surface area contributed by atoms with Gasteiger partial charge in [0.15, 0.2) is 0 Å². The van der Waals surface area contributed by atoms with Gasteiger partial charge in [-0.25, -0.2) is 0 Å².